The largest absolute Gasteiger partial charge is 0.353 e. The summed E-state index contributed by atoms with van der Waals surface area (Å²) in [5, 5.41) is 10.6. The van der Waals surface area contributed by atoms with E-state index in [9.17, 15) is 4.79 Å². The van der Waals surface area contributed by atoms with E-state index < -0.39 is 0 Å². The molecule has 25 heavy (non-hydrogen) atoms. The quantitative estimate of drug-likeness (QED) is 0.494. The molecule has 0 saturated carbocycles. The van der Waals surface area contributed by atoms with Crippen LogP contribution in [0.4, 0.5) is 0 Å². The summed E-state index contributed by atoms with van der Waals surface area (Å²) in [4.78, 5) is 16.3. The molecule has 1 unspecified atom stereocenters. The first-order valence-electron chi connectivity index (χ1n) is 8.75. The third-order valence-corrected chi connectivity index (χ3v) is 4.54. The van der Waals surface area contributed by atoms with Gasteiger partial charge in [0.15, 0.2) is 0 Å². The van der Waals surface area contributed by atoms with Crippen LogP contribution in [0.2, 0.25) is 0 Å². The molecular formula is C19H26N4OS. The number of aromatic amines is 1. The number of carbonyl (C=O) groups excluding carboxylic acids is 1. The van der Waals surface area contributed by atoms with Gasteiger partial charge in [-0.05, 0) is 25.0 Å². The van der Waals surface area contributed by atoms with Gasteiger partial charge in [-0.15, -0.1) is 5.10 Å². The average Bonchev–Trinajstić information content (AvgIpc) is 3.07. The fraction of sp³-hybridized carbons (Fsp3) is 0.421. The van der Waals surface area contributed by atoms with Gasteiger partial charge in [-0.1, -0.05) is 74.4 Å². The van der Waals surface area contributed by atoms with E-state index in [4.69, 9.17) is 0 Å². The number of aromatic nitrogens is 3. The SMILES string of the molecule is CCCCCC(C)NC(=O)CSc1n[nH]c(/C=C/c2ccccc2)n1. The van der Waals surface area contributed by atoms with Gasteiger partial charge in [0.25, 0.3) is 0 Å². The predicted octanol–water partition coefficient (Wildman–Crippen LogP) is 4.15. The molecule has 0 aliphatic rings. The Kier molecular flexibility index (Phi) is 8.25. The molecule has 0 bridgehead atoms. The van der Waals surface area contributed by atoms with Crippen molar-refractivity contribution in [3.05, 3.63) is 41.7 Å². The minimum atomic E-state index is 0.0279. The van der Waals surface area contributed by atoms with Crippen molar-refractivity contribution in [2.24, 2.45) is 0 Å². The van der Waals surface area contributed by atoms with Gasteiger partial charge in [-0.3, -0.25) is 9.89 Å². The van der Waals surface area contributed by atoms with E-state index in [1.54, 1.807) is 0 Å². The molecule has 0 fully saturated rings. The molecule has 134 valence electrons. The number of nitrogens with zero attached hydrogens (tertiary/aromatic N) is 2. The summed E-state index contributed by atoms with van der Waals surface area (Å²) in [5.74, 6) is 1.04. The molecule has 0 radical (unpaired) electrons. The Bertz CT molecular complexity index is 669. The summed E-state index contributed by atoms with van der Waals surface area (Å²) >= 11 is 1.34. The second-order valence-electron chi connectivity index (χ2n) is 6.00. The van der Waals surface area contributed by atoms with E-state index in [0.29, 0.717) is 16.7 Å². The van der Waals surface area contributed by atoms with Crippen LogP contribution in [0.15, 0.2) is 35.5 Å². The van der Waals surface area contributed by atoms with Crippen molar-refractivity contribution >= 4 is 29.8 Å². The van der Waals surface area contributed by atoms with Crippen molar-refractivity contribution in [3.63, 3.8) is 0 Å². The highest BCUT2D eigenvalue weighted by atomic mass is 32.2. The number of rotatable bonds is 10. The van der Waals surface area contributed by atoms with Crippen LogP contribution in [0.25, 0.3) is 12.2 Å². The number of carbonyl (C=O) groups is 1. The molecule has 5 nitrogen and oxygen atoms in total. The number of unbranched alkanes of at least 4 members (excludes halogenated alkanes) is 2. The monoisotopic (exact) mass is 358 g/mol. The number of amides is 1. The Balaban J connectivity index is 1.73. The summed E-state index contributed by atoms with van der Waals surface area (Å²) in [5.41, 5.74) is 1.10. The van der Waals surface area contributed by atoms with Gasteiger partial charge in [0, 0.05) is 6.04 Å². The summed E-state index contributed by atoms with van der Waals surface area (Å²) in [6.45, 7) is 4.23. The Morgan fingerprint density at radius 3 is 2.84 bits per heavy atom. The number of hydrogen-bond donors (Lipinski definition) is 2. The summed E-state index contributed by atoms with van der Waals surface area (Å²) in [6.07, 6.45) is 8.44. The highest BCUT2D eigenvalue weighted by Crippen LogP contribution is 2.13. The minimum Gasteiger partial charge on any atom is -0.353 e. The van der Waals surface area contributed by atoms with E-state index >= 15 is 0 Å². The first kappa shape index (κ1) is 19.2. The second-order valence-corrected chi connectivity index (χ2v) is 6.94. The lowest BCUT2D eigenvalue weighted by Crippen LogP contribution is -2.33. The van der Waals surface area contributed by atoms with E-state index in [2.05, 4.69) is 34.3 Å². The van der Waals surface area contributed by atoms with E-state index in [1.807, 2.05) is 42.5 Å². The lowest BCUT2D eigenvalue weighted by atomic mass is 10.1. The van der Waals surface area contributed by atoms with Crippen molar-refractivity contribution in [2.75, 3.05) is 5.75 Å². The van der Waals surface area contributed by atoms with E-state index in [-0.39, 0.29) is 11.9 Å². The first-order valence-corrected chi connectivity index (χ1v) is 9.73. The maximum atomic E-state index is 12.0. The van der Waals surface area contributed by atoms with Gasteiger partial charge >= 0.3 is 0 Å². The Morgan fingerprint density at radius 2 is 2.08 bits per heavy atom. The molecule has 1 aromatic heterocycles. The normalized spacial score (nSPS) is 12.4. The van der Waals surface area contributed by atoms with Crippen LogP contribution in [0.1, 0.15) is 50.9 Å². The molecule has 6 heteroatoms. The standard InChI is InChI=1S/C19H26N4OS/c1-3-4-6-9-15(2)20-18(24)14-25-19-21-17(22-23-19)13-12-16-10-7-5-8-11-16/h5,7-8,10-13,15H,3-4,6,9,14H2,1-2H3,(H,20,24)(H,21,22,23)/b13-12+. The molecule has 2 N–H and O–H groups in total. The van der Waals surface area contributed by atoms with Crippen molar-refractivity contribution in [3.8, 4) is 0 Å². The highest BCUT2D eigenvalue weighted by Gasteiger charge is 2.09. The number of benzene rings is 1. The molecule has 1 amide bonds. The zero-order valence-electron chi connectivity index (χ0n) is 14.9. The molecule has 1 heterocycles. The fourth-order valence-corrected chi connectivity index (χ4v) is 2.97. The van der Waals surface area contributed by atoms with Crippen LogP contribution in [-0.4, -0.2) is 32.9 Å². The van der Waals surface area contributed by atoms with E-state index in [0.717, 1.165) is 18.4 Å². The second kappa shape index (κ2) is 10.7. The zero-order valence-corrected chi connectivity index (χ0v) is 15.7. The third-order valence-electron chi connectivity index (χ3n) is 3.70. The molecule has 0 aliphatic carbocycles. The van der Waals surface area contributed by atoms with Gasteiger partial charge in [0.2, 0.25) is 11.1 Å². The Hall–Kier alpha value is -2.08. The molecule has 0 aliphatic heterocycles. The average molecular weight is 359 g/mol. The molecular weight excluding hydrogens is 332 g/mol. The molecule has 2 aromatic rings. The Morgan fingerprint density at radius 1 is 1.28 bits per heavy atom. The van der Waals surface area contributed by atoms with Crippen molar-refractivity contribution in [2.45, 2.75) is 50.7 Å². The lowest BCUT2D eigenvalue weighted by Gasteiger charge is -2.12. The first-order chi connectivity index (χ1) is 12.2. The van der Waals surface area contributed by atoms with Crippen molar-refractivity contribution in [1.29, 1.82) is 0 Å². The van der Waals surface area contributed by atoms with Gasteiger partial charge in [0.05, 0.1) is 5.75 Å². The number of hydrogen-bond acceptors (Lipinski definition) is 4. The van der Waals surface area contributed by atoms with E-state index in [1.165, 1.54) is 24.6 Å². The van der Waals surface area contributed by atoms with Crippen molar-refractivity contribution in [1.82, 2.24) is 20.5 Å². The van der Waals surface area contributed by atoms with Crippen molar-refractivity contribution < 1.29 is 4.79 Å². The van der Waals surface area contributed by atoms with Crippen LogP contribution in [0.5, 0.6) is 0 Å². The summed E-state index contributed by atoms with van der Waals surface area (Å²) in [6, 6.07) is 10.2. The molecule has 1 aromatic carbocycles. The van der Waals surface area contributed by atoms with Gasteiger partial charge in [-0.2, -0.15) is 0 Å². The number of thioether (sulfide) groups is 1. The third kappa shape index (κ3) is 7.56. The van der Waals surface area contributed by atoms with Gasteiger partial charge in [-0.25, -0.2) is 4.98 Å². The Labute approximate surface area is 153 Å². The van der Waals surface area contributed by atoms with Gasteiger partial charge < -0.3 is 5.32 Å². The number of nitrogens with one attached hydrogen (secondary N) is 2. The fourth-order valence-electron chi connectivity index (χ4n) is 2.36. The van der Waals surface area contributed by atoms with Crippen LogP contribution < -0.4 is 5.32 Å². The predicted molar refractivity (Wildman–Crippen MR) is 104 cm³/mol. The molecule has 0 saturated heterocycles. The lowest BCUT2D eigenvalue weighted by molar-refractivity contribution is -0.119. The number of H-pyrrole nitrogens is 1. The molecule has 2 rings (SSSR count). The van der Waals surface area contributed by atoms with Gasteiger partial charge in [0.1, 0.15) is 5.82 Å². The van der Waals surface area contributed by atoms with Crippen LogP contribution in [-0.2, 0) is 4.79 Å². The van der Waals surface area contributed by atoms with Crippen LogP contribution in [0.3, 0.4) is 0 Å². The maximum Gasteiger partial charge on any atom is 0.230 e. The maximum absolute atomic E-state index is 12.0. The van der Waals surface area contributed by atoms with Crippen LogP contribution >= 0.6 is 11.8 Å². The van der Waals surface area contributed by atoms with Crippen LogP contribution in [0, 0.1) is 0 Å². The summed E-state index contributed by atoms with van der Waals surface area (Å²) in [7, 11) is 0. The highest BCUT2D eigenvalue weighted by molar-refractivity contribution is 7.99. The minimum absolute atomic E-state index is 0.0279. The smallest absolute Gasteiger partial charge is 0.230 e. The molecule has 1 atom stereocenters. The zero-order chi connectivity index (χ0) is 17.9. The molecule has 0 spiro atoms. The topological polar surface area (TPSA) is 70.7 Å². The summed E-state index contributed by atoms with van der Waals surface area (Å²) < 4.78 is 0.